The van der Waals surface area contributed by atoms with Crippen LogP contribution in [0.4, 0.5) is 0 Å². The molecule has 1 aliphatic rings. The van der Waals surface area contributed by atoms with Gasteiger partial charge in [0.15, 0.2) is 0 Å². The van der Waals surface area contributed by atoms with Gasteiger partial charge in [0.1, 0.15) is 0 Å². The molecule has 0 saturated heterocycles. The van der Waals surface area contributed by atoms with Crippen molar-refractivity contribution in [1.29, 1.82) is 0 Å². The molecule has 0 aromatic rings. The lowest BCUT2D eigenvalue weighted by Crippen LogP contribution is -2.05. The van der Waals surface area contributed by atoms with E-state index in [2.05, 4.69) is 20.8 Å². The van der Waals surface area contributed by atoms with Gasteiger partial charge in [-0.05, 0) is 30.6 Å². The molecule has 1 aliphatic carbocycles. The zero-order valence-corrected chi connectivity index (χ0v) is 9.73. The Morgan fingerprint density at radius 3 is 2.46 bits per heavy atom. The van der Waals surface area contributed by atoms with Gasteiger partial charge in [0.2, 0.25) is 0 Å². The molecular weight excluding hydrogens is 156 g/mol. The molecule has 0 amide bonds. The van der Waals surface area contributed by atoms with Crippen LogP contribution in [0.3, 0.4) is 0 Å². The van der Waals surface area contributed by atoms with Crippen molar-refractivity contribution in [3.63, 3.8) is 0 Å². The molecule has 1 atom stereocenters. The minimum atomic E-state index is 0.662. The van der Waals surface area contributed by atoms with E-state index in [0.29, 0.717) is 5.41 Å². The fraction of sp³-hybridized carbons (Fsp3) is 1.00. The van der Waals surface area contributed by atoms with Crippen LogP contribution in [0.15, 0.2) is 0 Å². The molecule has 1 unspecified atom stereocenters. The highest BCUT2D eigenvalue weighted by Gasteiger charge is 2.29. The predicted molar refractivity (Wildman–Crippen MR) is 59.9 cm³/mol. The smallest absolute Gasteiger partial charge is 0.0351 e. The van der Waals surface area contributed by atoms with Crippen LogP contribution >= 0.6 is 0 Å². The van der Waals surface area contributed by atoms with E-state index in [0.717, 1.165) is 5.92 Å². The number of hydrogen-bond acceptors (Lipinski definition) is 0. The van der Waals surface area contributed by atoms with Crippen molar-refractivity contribution in [3.8, 4) is 0 Å². The van der Waals surface area contributed by atoms with Crippen LogP contribution in [-0.4, -0.2) is 0 Å². The Kier molecular flexibility index (Phi) is 4.28. The summed E-state index contributed by atoms with van der Waals surface area (Å²) in [6.45, 7) is 7.15. The SMILES string of the molecule is CCCCCCC1CCC(C)(C)C1. The van der Waals surface area contributed by atoms with Crippen LogP contribution < -0.4 is 0 Å². The fourth-order valence-electron chi connectivity index (χ4n) is 2.69. The minimum absolute atomic E-state index is 0.662. The summed E-state index contributed by atoms with van der Waals surface area (Å²) in [5.41, 5.74) is 0.662. The first-order chi connectivity index (χ1) is 6.14. The van der Waals surface area contributed by atoms with Crippen molar-refractivity contribution >= 4 is 0 Å². The molecule has 0 heterocycles. The summed E-state index contributed by atoms with van der Waals surface area (Å²) >= 11 is 0. The van der Waals surface area contributed by atoms with Gasteiger partial charge in [-0.25, -0.2) is 0 Å². The van der Waals surface area contributed by atoms with E-state index in [1.807, 2.05) is 0 Å². The maximum Gasteiger partial charge on any atom is -0.0351 e. The van der Waals surface area contributed by atoms with Crippen molar-refractivity contribution in [2.75, 3.05) is 0 Å². The van der Waals surface area contributed by atoms with E-state index >= 15 is 0 Å². The molecule has 0 bridgehead atoms. The highest BCUT2D eigenvalue weighted by molar-refractivity contribution is 4.81. The molecule has 0 N–H and O–H groups in total. The highest BCUT2D eigenvalue weighted by atomic mass is 14.4. The van der Waals surface area contributed by atoms with Gasteiger partial charge in [-0.2, -0.15) is 0 Å². The third kappa shape index (κ3) is 4.15. The molecule has 0 spiro atoms. The fourth-order valence-corrected chi connectivity index (χ4v) is 2.69. The normalized spacial score (nSPS) is 26.5. The summed E-state index contributed by atoms with van der Waals surface area (Å²) in [7, 11) is 0. The number of unbranched alkanes of at least 4 members (excludes halogenated alkanes) is 3. The largest absolute Gasteiger partial charge is 0.0654 e. The Labute approximate surface area is 84.1 Å². The van der Waals surface area contributed by atoms with E-state index in [-0.39, 0.29) is 0 Å². The first kappa shape index (κ1) is 11.1. The molecule has 1 saturated carbocycles. The molecular formula is C13H26. The Morgan fingerprint density at radius 2 is 1.92 bits per heavy atom. The van der Waals surface area contributed by atoms with Crippen LogP contribution in [0.2, 0.25) is 0 Å². The Hall–Kier alpha value is 0. The zero-order chi connectivity index (χ0) is 9.73. The van der Waals surface area contributed by atoms with Gasteiger partial charge >= 0.3 is 0 Å². The number of rotatable bonds is 5. The Balaban J connectivity index is 2.04. The van der Waals surface area contributed by atoms with Gasteiger partial charge in [-0.15, -0.1) is 0 Å². The second-order valence-electron chi connectivity index (χ2n) is 5.62. The second-order valence-corrected chi connectivity index (χ2v) is 5.62. The van der Waals surface area contributed by atoms with Gasteiger partial charge < -0.3 is 0 Å². The summed E-state index contributed by atoms with van der Waals surface area (Å²) < 4.78 is 0. The number of hydrogen-bond donors (Lipinski definition) is 0. The summed E-state index contributed by atoms with van der Waals surface area (Å²) in [5, 5.41) is 0. The van der Waals surface area contributed by atoms with Crippen LogP contribution in [0.1, 0.15) is 72.1 Å². The standard InChI is InChI=1S/C13H26/c1-4-5-6-7-8-12-9-10-13(2,3)11-12/h12H,4-11H2,1-3H3. The summed E-state index contributed by atoms with van der Waals surface area (Å²) in [6.07, 6.45) is 11.7. The van der Waals surface area contributed by atoms with Crippen molar-refractivity contribution in [3.05, 3.63) is 0 Å². The van der Waals surface area contributed by atoms with Crippen LogP contribution in [-0.2, 0) is 0 Å². The van der Waals surface area contributed by atoms with Gasteiger partial charge in [-0.1, -0.05) is 52.9 Å². The van der Waals surface area contributed by atoms with E-state index in [1.54, 1.807) is 0 Å². The molecule has 0 heteroatoms. The van der Waals surface area contributed by atoms with Crippen LogP contribution in [0, 0.1) is 11.3 Å². The lowest BCUT2D eigenvalue weighted by molar-refractivity contribution is 0.350. The Bertz CT molecular complexity index is 135. The van der Waals surface area contributed by atoms with Gasteiger partial charge in [-0.3, -0.25) is 0 Å². The van der Waals surface area contributed by atoms with Crippen molar-refractivity contribution in [2.45, 2.75) is 72.1 Å². The maximum absolute atomic E-state index is 2.43. The topological polar surface area (TPSA) is 0 Å². The van der Waals surface area contributed by atoms with Crippen molar-refractivity contribution in [2.24, 2.45) is 11.3 Å². The average molecular weight is 182 g/mol. The maximum atomic E-state index is 2.43. The molecule has 0 aromatic heterocycles. The average Bonchev–Trinajstić information content (AvgIpc) is 2.40. The molecule has 13 heavy (non-hydrogen) atoms. The first-order valence-electron chi connectivity index (χ1n) is 6.14. The molecule has 1 rings (SSSR count). The second kappa shape index (κ2) is 5.02. The quantitative estimate of drug-likeness (QED) is 0.537. The first-order valence-corrected chi connectivity index (χ1v) is 6.14. The summed E-state index contributed by atoms with van der Waals surface area (Å²) in [5.74, 6) is 1.06. The highest BCUT2D eigenvalue weighted by Crippen LogP contribution is 2.42. The van der Waals surface area contributed by atoms with Gasteiger partial charge in [0.25, 0.3) is 0 Å². The zero-order valence-electron chi connectivity index (χ0n) is 9.73. The molecule has 0 aliphatic heterocycles. The molecule has 0 aromatic carbocycles. The summed E-state index contributed by atoms with van der Waals surface area (Å²) in [6, 6.07) is 0. The van der Waals surface area contributed by atoms with E-state index < -0.39 is 0 Å². The van der Waals surface area contributed by atoms with Crippen molar-refractivity contribution < 1.29 is 0 Å². The van der Waals surface area contributed by atoms with Crippen LogP contribution in [0.25, 0.3) is 0 Å². The lowest BCUT2D eigenvalue weighted by Gasteiger charge is -2.16. The summed E-state index contributed by atoms with van der Waals surface area (Å²) in [4.78, 5) is 0. The van der Waals surface area contributed by atoms with Gasteiger partial charge in [0, 0.05) is 0 Å². The third-order valence-corrected chi connectivity index (χ3v) is 3.54. The molecule has 0 nitrogen and oxygen atoms in total. The van der Waals surface area contributed by atoms with Crippen molar-refractivity contribution in [1.82, 2.24) is 0 Å². The van der Waals surface area contributed by atoms with Gasteiger partial charge in [0.05, 0.1) is 0 Å². The van der Waals surface area contributed by atoms with Crippen LogP contribution in [0.5, 0.6) is 0 Å². The monoisotopic (exact) mass is 182 g/mol. The molecule has 1 fully saturated rings. The van der Waals surface area contributed by atoms with E-state index in [9.17, 15) is 0 Å². The van der Waals surface area contributed by atoms with E-state index in [4.69, 9.17) is 0 Å². The third-order valence-electron chi connectivity index (χ3n) is 3.54. The lowest BCUT2D eigenvalue weighted by atomic mass is 9.89. The minimum Gasteiger partial charge on any atom is -0.0654 e. The predicted octanol–water partition coefficient (Wildman–Crippen LogP) is 4.78. The molecule has 78 valence electrons. The van der Waals surface area contributed by atoms with E-state index in [1.165, 1.54) is 51.4 Å². The molecule has 0 radical (unpaired) electrons. The Morgan fingerprint density at radius 1 is 1.15 bits per heavy atom.